The highest BCUT2D eigenvalue weighted by Crippen LogP contribution is 2.55. The van der Waals surface area contributed by atoms with Crippen LogP contribution in [0.25, 0.3) is 0 Å². The van der Waals surface area contributed by atoms with Crippen LogP contribution in [0.1, 0.15) is 62.5 Å². The summed E-state index contributed by atoms with van der Waals surface area (Å²) in [5, 5.41) is 0.333. The summed E-state index contributed by atoms with van der Waals surface area (Å²) in [4.78, 5) is 5.49. The van der Waals surface area contributed by atoms with E-state index in [9.17, 15) is 8.42 Å². The molecule has 2 aliphatic carbocycles. The van der Waals surface area contributed by atoms with Gasteiger partial charge in [-0.2, -0.15) is 0 Å². The van der Waals surface area contributed by atoms with E-state index >= 15 is 0 Å². The van der Waals surface area contributed by atoms with Gasteiger partial charge in [0.05, 0.1) is 4.90 Å². The number of sulfone groups is 1. The summed E-state index contributed by atoms with van der Waals surface area (Å²) in [6.07, 6.45) is 14.2. The molecule has 3 heterocycles. The largest absolute Gasteiger partial charge is 0.371 e. The van der Waals surface area contributed by atoms with Gasteiger partial charge < -0.3 is 14.4 Å². The second kappa shape index (κ2) is 10.9. The van der Waals surface area contributed by atoms with Crippen molar-refractivity contribution in [1.82, 2.24) is 9.47 Å². The molecule has 1 atom stereocenters. The maximum Gasteiger partial charge on any atom is 0.222 e. The summed E-state index contributed by atoms with van der Waals surface area (Å²) in [5.74, 6) is 2.40. The second-order valence-electron chi connectivity index (χ2n) is 13.3. The summed E-state index contributed by atoms with van der Waals surface area (Å²) in [6.45, 7) is 5.79. The Balaban J connectivity index is 0.956. The Bertz CT molecular complexity index is 1460. The van der Waals surface area contributed by atoms with Crippen LogP contribution in [0, 0.1) is 17.8 Å². The fraction of sp³-hybridized carbons (Fsp3) is 0.543. The minimum Gasteiger partial charge on any atom is -0.371 e. The quantitative estimate of drug-likeness (QED) is 0.326. The van der Waals surface area contributed by atoms with Crippen LogP contribution in [0.3, 0.4) is 0 Å². The molecule has 2 saturated heterocycles. The van der Waals surface area contributed by atoms with Crippen LogP contribution in [-0.4, -0.2) is 50.6 Å². The van der Waals surface area contributed by atoms with E-state index in [0.717, 1.165) is 30.6 Å². The smallest absolute Gasteiger partial charge is 0.222 e. The molecular formula is C35H45N3O2S. The first kappa shape index (κ1) is 27.3. The van der Waals surface area contributed by atoms with Crippen molar-refractivity contribution in [1.29, 1.82) is 0 Å². The van der Waals surface area contributed by atoms with Crippen LogP contribution < -0.4 is 4.90 Å². The molecule has 1 aromatic heterocycles. The molecule has 3 fully saturated rings. The average molecular weight is 572 g/mol. The van der Waals surface area contributed by atoms with Gasteiger partial charge in [0.15, 0.2) is 0 Å². The van der Waals surface area contributed by atoms with E-state index in [1.807, 2.05) is 12.1 Å². The van der Waals surface area contributed by atoms with Crippen LogP contribution in [0.4, 0.5) is 5.69 Å². The number of hydrogen-bond donors (Lipinski definition) is 0. The molecular weight excluding hydrogens is 526 g/mol. The van der Waals surface area contributed by atoms with Gasteiger partial charge in [0, 0.05) is 49.9 Å². The number of aryl methyl sites for hydroxylation is 2. The van der Waals surface area contributed by atoms with E-state index in [-0.39, 0.29) is 0 Å². The molecule has 4 aliphatic rings. The van der Waals surface area contributed by atoms with Gasteiger partial charge in [-0.25, -0.2) is 8.42 Å². The topological polar surface area (TPSA) is 45.6 Å². The number of hydrogen-bond acceptors (Lipinski definition) is 4. The molecule has 0 N–H and O–H groups in total. The maximum atomic E-state index is 13.0. The molecule has 0 amide bonds. The first-order chi connectivity index (χ1) is 19.9. The van der Waals surface area contributed by atoms with E-state index < -0.39 is 9.84 Å². The lowest BCUT2D eigenvalue weighted by Crippen LogP contribution is -2.54. The Hall–Kier alpha value is -2.57. The highest BCUT2D eigenvalue weighted by atomic mass is 32.2. The Labute approximate surface area is 246 Å². The standard InChI is InChI=1S/C35H45N3O2S/c1-36-21-7-13-34(36)41(39,40)32-16-14-31(15-17-32)38-25-27(26-38)24-37-22-18-30(19-23-37)35(29-10-3-4-11-29)20-6-9-28-8-2-5-12-33(28)35/h2,5,7-8,12-17,21,27,29-30H,3-4,6,9-11,18-20,22-26H2,1H3. The molecule has 6 heteroatoms. The van der Waals surface area contributed by atoms with Crippen LogP contribution in [0.15, 0.2) is 76.8 Å². The van der Waals surface area contributed by atoms with E-state index in [1.54, 1.807) is 53.2 Å². The van der Waals surface area contributed by atoms with Gasteiger partial charge >= 0.3 is 0 Å². The third-order valence-electron chi connectivity index (χ3n) is 11.1. The Kier molecular flexibility index (Phi) is 7.27. The Morgan fingerprint density at radius 2 is 1.54 bits per heavy atom. The molecule has 0 radical (unpaired) electrons. The molecule has 5 nitrogen and oxygen atoms in total. The molecule has 0 bridgehead atoms. The van der Waals surface area contributed by atoms with Gasteiger partial charge in [0.2, 0.25) is 9.84 Å². The number of nitrogens with zero attached hydrogens (tertiary/aromatic N) is 3. The highest BCUT2D eigenvalue weighted by Gasteiger charge is 2.49. The van der Waals surface area contributed by atoms with Gasteiger partial charge in [0.1, 0.15) is 5.03 Å². The zero-order chi connectivity index (χ0) is 28.0. The monoisotopic (exact) mass is 571 g/mol. The van der Waals surface area contributed by atoms with Crippen molar-refractivity contribution in [2.75, 3.05) is 37.6 Å². The minimum atomic E-state index is -3.49. The predicted molar refractivity (Wildman–Crippen MR) is 165 cm³/mol. The van der Waals surface area contributed by atoms with Gasteiger partial charge in [-0.3, -0.25) is 0 Å². The van der Waals surface area contributed by atoms with Crippen LogP contribution >= 0.6 is 0 Å². The van der Waals surface area contributed by atoms with E-state index in [1.165, 1.54) is 77.4 Å². The number of aromatic nitrogens is 1. The molecule has 41 heavy (non-hydrogen) atoms. The Morgan fingerprint density at radius 1 is 0.829 bits per heavy atom. The van der Waals surface area contributed by atoms with Crippen molar-refractivity contribution >= 4 is 15.5 Å². The minimum absolute atomic E-state index is 0.333. The number of likely N-dealkylation sites (tertiary alicyclic amines) is 1. The third-order valence-corrected chi connectivity index (χ3v) is 13.0. The number of anilines is 1. The number of rotatable bonds is 7. The predicted octanol–water partition coefficient (Wildman–Crippen LogP) is 6.47. The summed E-state index contributed by atoms with van der Waals surface area (Å²) in [7, 11) is -1.72. The van der Waals surface area contributed by atoms with Gasteiger partial charge in [-0.1, -0.05) is 37.1 Å². The van der Waals surface area contributed by atoms with Crippen molar-refractivity contribution in [2.24, 2.45) is 24.8 Å². The zero-order valence-corrected chi connectivity index (χ0v) is 25.4. The summed E-state index contributed by atoms with van der Waals surface area (Å²) >= 11 is 0. The summed E-state index contributed by atoms with van der Waals surface area (Å²) in [5.41, 5.74) is 4.92. The summed E-state index contributed by atoms with van der Waals surface area (Å²) < 4.78 is 27.6. The lowest BCUT2D eigenvalue weighted by Gasteiger charge is -2.52. The first-order valence-electron chi connectivity index (χ1n) is 16.0. The van der Waals surface area contributed by atoms with Gasteiger partial charge in [-0.15, -0.1) is 0 Å². The molecule has 3 aromatic rings. The van der Waals surface area contributed by atoms with Crippen molar-refractivity contribution in [3.63, 3.8) is 0 Å². The fourth-order valence-electron chi connectivity index (χ4n) is 9.09. The average Bonchev–Trinajstić information content (AvgIpc) is 3.68. The normalized spacial score (nSPS) is 24.9. The fourth-order valence-corrected chi connectivity index (χ4v) is 10.5. The van der Waals surface area contributed by atoms with Gasteiger partial charge in [0.25, 0.3) is 0 Å². The second-order valence-corrected chi connectivity index (χ2v) is 15.2. The van der Waals surface area contributed by atoms with E-state index in [2.05, 4.69) is 34.1 Å². The zero-order valence-electron chi connectivity index (χ0n) is 24.5. The molecule has 1 unspecified atom stereocenters. The van der Waals surface area contributed by atoms with Crippen molar-refractivity contribution in [3.05, 3.63) is 78.0 Å². The van der Waals surface area contributed by atoms with Crippen LogP contribution in [0.2, 0.25) is 0 Å². The van der Waals surface area contributed by atoms with Crippen LogP contribution in [-0.2, 0) is 28.7 Å². The number of piperidine rings is 1. The van der Waals surface area contributed by atoms with Crippen LogP contribution in [0.5, 0.6) is 0 Å². The molecule has 2 aliphatic heterocycles. The lowest BCUT2D eigenvalue weighted by molar-refractivity contribution is 0.0648. The van der Waals surface area contributed by atoms with E-state index in [4.69, 9.17) is 0 Å². The third kappa shape index (κ3) is 4.85. The summed E-state index contributed by atoms with van der Waals surface area (Å²) in [6, 6.07) is 20.4. The van der Waals surface area contributed by atoms with Crippen molar-refractivity contribution in [2.45, 2.75) is 73.1 Å². The number of fused-ring (bicyclic) bond motifs is 1. The molecule has 2 aromatic carbocycles. The Morgan fingerprint density at radius 3 is 2.24 bits per heavy atom. The molecule has 218 valence electrons. The molecule has 0 spiro atoms. The lowest BCUT2D eigenvalue weighted by atomic mass is 9.54. The molecule has 7 rings (SSSR count). The maximum absolute atomic E-state index is 13.0. The van der Waals surface area contributed by atoms with Crippen molar-refractivity contribution < 1.29 is 8.42 Å². The van der Waals surface area contributed by atoms with Gasteiger partial charge in [-0.05, 0) is 117 Å². The highest BCUT2D eigenvalue weighted by molar-refractivity contribution is 7.91. The molecule has 1 saturated carbocycles. The van der Waals surface area contributed by atoms with Crippen molar-refractivity contribution in [3.8, 4) is 0 Å². The first-order valence-corrected chi connectivity index (χ1v) is 17.5. The van der Waals surface area contributed by atoms with E-state index in [0.29, 0.717) is 21.3 Å². The number of benzene rings is 2. The SMILES string of the molecule is Cn1cccc1S(=O)(=O)c1ccc(N2CC(CN3CCC(C4(C5CCCC5)CCCc5ccccc54)CC3)C2)cc1.